The number of nitrogens with one attached hydrogen (secondary N) is 1. The zero-order valence-electron chi connectivity index (χ0n) is 10.0. The second-order valence-electron chi connectivity index (χ2n) is 5.05. The molecule has 3 N–H and O–H groups in total. The van der Waals surface area contributed by atoms with E-state index in [2.05, 4.69) is 5.32 Å². The number of nitrogens with zero attached hydrogens (tertiary/aromatic N) is 1. The van der Waals surface area contributed by atoms with Gasteiger partial charge in [0.15, 0.2) is 0 Å². The van der Waals surface area contributed by atoms with Gasteiger partial charge in [-0.25, -0.2) is 0 Å². The maximum Gasteiger partial charge on any atom is 0.239 e. The average Bonchev–Trinajstić information content (AvgIpc) is 2.87. The minimum Gasteiger partial charge on any atom is -0.339 e. The van der Waals surface area contributed by atoms with Gasteiger partial charge < -0.3 is 16.0 Å². The standard InChI is InChI=1S/C11H21N3OS/c1-8(2)9(12)10(15)14-5-3-11(7-14)13-4-6-16-11/h8-9,13H,3-7,12H2,1-2H3/t9-,11?/m0/s1. The van der Waals surface area contributed by atoms with Crippen LogP contribution in [0.15, 0.2) is 0 Å². The van der Waals surface area contributed by atoms with Crippen LogP contribution in [0.5, 0.6) is 0 Å². The summed E-state index contributed by atoms with van der Waals surface area (Å²) in [4.78, 5) is 14.1. The largest absolute Gasteiger partial charge is 0.339 e. The van der Waals surface area contributed by atoms with E-state index in [0.29, 0.717) is 0 Å². The van der Waals surface area contributed by atoms with E-state index in [1.54, 1.807) is 0 Å². The Bertz CT molecular complexity index is 276. The lowest BCUT2D eigenvalue weighted by atomic mass is 10.0. The number of rotatable bonds is 2. The van der Waals surface area contributed by atoms with Crippen molar-refractivity contribution in [2.24, 2.45) is 11.7 Å². The van der Waals surface area contributed by atoms with E-state index in [4.69, 9.17) is 5.73 Å². The molecule has 1 spiro atoms. The number of thioether (sulfide) groups is 1. The molecule has 0 aromatic carbocycles. The first-order valence-electron chi connectivity index (χ1n) is 5.97. The summed E-state index contributed by atoms with van der Waals surface area (Å²) in [5.41, 5.74) is 5.91. The molecule has 92 valence electrons. The van der Waals surface area contributed by atoms with Gasteiger partial charge in [0.05, 0.1) is 10.9 Å². The summed E-state index contributed by atoms with van der Waals surface area (Å²) in [7, 11) is 0. The Morgan fingerprint density at radius 2 is 2.31 bits per heavy atom. The molecule has 0 radical (unpaired) electrons. The van der Waals surface area contributed by atoms with Crippen LogP contribution in [0.4, 0.5) is 0 Å². The Morgan fingerprint density at radius 1 is 1.56 bits per heavy atom. The molecule has 1 unspecified atom stereocenters. The Labute approximate surface area is 101 Å². The van der Waals surface area contributed by atoms with Crippen LogP contribution in [0.2, 0.25) is 0 Å². The van der Waals surface area contributed by atoms with Gasteiger partial charge in [-0.05, 0) is 12.3 Å². The van der Waals surface area contributed by atoms with Crippen molar-refractivity contribution in [2.45, 2.75) is 31.2 Å². The number of carbonyl (C=O) groups is 1. The molecular weight excluding hydrogens is 222 g/mol. The second kappa shape index (κ2) is 4.55. The highest BCUT2D eigenvalue weighted by Crippen LogP contribution is 2.36. The smallest absolute Gasteiger partial charge is 0.239 e. The van der Waals surface area contributed by atoms with Crippen molar-refractivity contribution in [1.29, 1.82) is 0 Å². The molecule has 2 fully saturated rings. The first-order chi connectivity index (χ1) is 7.54. The van der Waals surface area contributed by atoms with Crippen molar-refractivity contribution in [3.63, 3.8) is 0 Å². The quantitative estimate of drug-likeness (QED) is 0.729. The molecule has 1 amide bonds. The third-order valence-corrected chi connectivity index (χ3v) is 4.91. The van der Waals surface area contributed by atoms with E-state index in [1.165, 1.54) is 0 Å². The average molecular weight is 243 g/mol. The summed E-state index contributed by atoms with van der Waals surface area (Å²) in [6.07, 6.45) is 1.05. The Morgan fingerprint density at radius 3 is 2.88 bits per heavy atom. The Balaban J connectivity index is 1.95. The van der Waals surface area contributed by atoms with Crippen LogP contribution in [-0.4, -0.2) is 47.1 Å². The summed E-state index contributed by atoms with van der Waals surface area (Å²) in [6, 6.07) is -0.346. The van der Waals surface area contributed by atoms with Crippen molar-refractivity contribution < 1.29 is 4.79 Å². The molecule has 0 aliphatic carbocycles. The number of carbonyl (C=O) groups excluding carboxylic acids is 1. The highest BCUT2D eigenvalue weighted by Gasteiger charge is 2.43. The molecule has 0 aromatic heterocycles. The fraction of sp³-hybridized carbons (Fsp3) is 0.909. The second-order valence-corrected chi connectivity index (χ2v) is 6.53. The van der Waals surface area contributed by atoms with Crippen LogP contribution in [0, 0.1) is 5.92 Å². The van der Waals surface area contributed by atoms with Crippen LogP contribution in [-0.2, 0) is 4.79 Å². The number of nitrogens with two attached hydrogens (primary N) is 1. The third kappa shape index (κ3) is 2.21. The highest BCUT2D eigenvalue weighted by atomic mass is 32.2. The van der Waals surface area contributed by atoms with Gasteiger partial charge >= 0.3 is 0 Å². The van der Waals surface area contributed by atoms with Gasteiger partial charge in [0.2, 0.25) is 5.91 Å². The van der Waals surface area contributed by atoms with Gasteiger partial charge in [-0.2, -0.15) is 0 Å². The van der Waals surface area contributed by atoms with Crippen molar-refractivity contribution in [1.82, 2.24) is 10.2 Å². The number of likely N-dealkylation sites (tertiary alicyclic amines) is 1. The Hall–Kier alpha value is -0.260. The van der Waals surface area contributed by atoms with Gasteiger partial charge in [-0.1, -0.05) is 13.8 Å². The zero-order chi connectivity index (χ0) is 11.8. The monoisotopic (exact) mass is 243 g/mol. The normalized spacial score (nSPS) is 31.6. The van der Waals surface area contributed by atoms with E-state index in [0.717, 1.165) is 31.8 Å². The molecule has 0 bridgehead atoms. The molecule has 2 atom stereocenters. The maximum atomic E-state index is 12.1. The maximum absolute atomic E-state index is 12.1. The molecule has 16 heavy (non-hydrogen) atoms. The minimum atomic E-state index is -0.346. The molecule has 0 aromatic rings. The predicted octanol–water partition coefficient (Wildman–Crippen LogP) is 0.235. The molecular formula is C11H21N3OS. The molecule has 4 nitrogen and oxygen atoms in total. The lowest BCUT2D eigenvalue weighted by Gasteiger charge is -2.26. The van der Waals surface area contributed by atoms with Gasteiger partial charge in [0, 0.05) is 25.4 Å². The fourth-order valence-electron chi connectivity index (χ4n) is 2.30. The fourth-order valence-corrected chi connectivity index (χ4v) is 3.59. The van der Waals surface area contributed by atoms with E-state index >= 15 is 0 Å². The van der Waals surface area contributed by atoms with Crippen LogP contribution in [0.1, 0.15) is 20.3 Å². The molecule has 2 rings (SSSR count). The van der Waals surface area contributed by atoms with Gasteiger partial charge in [-0.3, -0.25) is 4.79 Å². The number of amides is 1. The first kappa shape index (κ1) is 12.2. The summed E-state index contributed by atoms with van der Waals surface area (Å²) < 4.78 is 0. The van der Waals surface area contributed by atoms with E-state index < -0.39 is 0 Å². The third-order valence-electron chi connectivity index (χ3n) is 3.47. The zero-order valence-corrected chi connectivity index (χ0v) is 10.8. The van der Waals surface area contributed by atoms with E-state index in [1.807, 2.05) is 30.5 Å². The van der Waals surface area contributed by atoms with Crippen molar-refractivity contribution in [3.05, 3.63) is 0 Å². The van der Waals surface area contributed by atoms with Gasteiger partial charge in [0.1, 0.15) is 0 Å². The summed E-state index contributed by atoms with van der Waals surface area (Å²) in [6.45, 7) is 6.72. The molecule has 0 saturated carbocycles. The number of hydrogen-bond acceptors (Lipinski definition) is 4. The molecule has 2 saturated heterocycles. The first-order valence-corrected chi connectivity index (χ1v) is 6.96. The molecule has 2 aliphatic rings. The summed E-state index contributed by atoms with van der Waals surface area (Å²) >= 11 is 1.95. The van der Waals surface area contributed by atoms with Crippen LogP contribution in [0.25, 0.3) is 0 Å². The number of hydrogen-bond donors (Lipinski definition) is 2. The van der Waals surface area contributed by atoms with Crippen molar-refractivity contribution in [2.75, 3.05) is 25.4 Å². The highest BCUT2D eigenvalue weighted by molar-refractivity contribution is 8.00. The summed E-state index contributed by atoms with van der Waals surface area (Å²) in [5, 5.41) is 3.51. The van der Waals surface area contributed by atoms with Gasteiger partial charge in [0.25, 0.3) is 0 Å². The summed E-state index contributed by atoms with van der Waals surface area (Å²) in [5.74, 6) is 1.48. The Kier molecular flexibility index (Phi) is 3.47. The molecule has 2 aliphatic heterocycles. The minimum absolute atomic E-state index is 0.112. The van der Waals surface area contributed by atoms with Gasteiger partial charge in [-0.15, -0.1) is 11.8 Å². The van der Waals surface area contributed by atoms with Crippen molar-refractivity contribution >= 4 is 17.7 Å². The van der Waals surface area contributed by atoms with E-state index in [9.17, 15) is 4.79 Å². The molecule has 5 heteroatoms. The van der Waals surface area contributed by atoms with Crippen LogP contribution in [0.3, 0.4) is 0 Å². The van der Waals surface area contributed by atoms with E-state index in [-0.39, 0.29) is 22.7 Å². The lowest BCUT2D eigenvalue weighted by Crippen LogP contribution is -2.48. The van der Waals surface area contributed by atoms with Crippen LogP contribution >= 0.6 is 11.8 Å². The topological polar surface area (TPSA) is 58.4 Å². The van der Waals surface area contributed by atoms with Crippen molar-refractivity contribution in [3.8, 4) is 0 Å². The predicted molar refractivity (Wildman–Crippen MR) is 67.2 cm³/mol. The SMILES string of the molecule is CC(C)[C@H](N)C(=O)N1CCC2(C1)NCCS2. The van der Waals surface area contributed by atoms with Crippen LogP contribution < -0.4 is 11.1 Å². The lowest BCUT2D eigenvalue weighted by molar-refractivity contribution is -0.132. The molecule has 2 heterocycles.